The van der Waals surface area contributed by atoms with Crippen LogP contribution in [0.4, 0.5) is 0 Å². The van der Waals surface area contributed by atoms with Crippen LogP contribution in [0.25, 0.3) is 10.9 Å². The second-order valence-electron chi connectivity index (χ2n) is 5.86. The van der Waals surface area contributed by atoms with Gasteiger partial charge in [0.1, 0.15) is 0 Å². The van der Waals surface area contributed by atoms with Gasteiger partial charge in [-0.2, -0.15) is 0 Å². The maximum atomic E-state index is 12.4. The van der Waals surface area contributed by atoms with Gasteiger partial charge in [-0.1, -0.05) is 31.2 Å². The van der Waals surface area contributed by atoms with Crippen LogP contribution in [-0.4, -0.2) is 21.1 Å². The number of aryl methyl sites for hydroxylation is 1. The number of nitrogens with zero attached hydrogens (tertiary/aromatic N) is 2. The molecule has 1 aromatic carbocycles. The Morgan fingerprint density at radius 1 is 1.12 bits per heavy atom. The summed E-state index contributed by atoms with van der Waals surface area (Å²) in [6.45, 7) is 2.14. The van der Waals surface area contributed by atoms with E-state index in [1.54, 1.807) is 12.4 Å². The average Bonchev–Trinajstić information content (AvgIpc) is 2.99. The highest BCUT2D eigenvalue weighted by molar-refractivity contribution is 6.08. The number of hydrogen-bond donors (Lipinski definition) is 0. The highest BCUT2D eigenvalue weighted by Crippen LogP contribution is 2.22. The minimum Gasteiger partial charge on any atom is -0.339 e. The van der Waals surface area contributed by atoms with Gasteiger partial charge in [0.25, 0.3) is 0 Å². The second-order valence-corrected chi connectivity index (χ2v) is 5.86. The van der Waals surface area contributed by atoms with Gasteiger partial charge in [-0.25, -0.2) is 0 Å². The molecule has 4 nitrogen and oxygen atoms in total. The molecular formula is C20H20N2O2. The summed E-state index contributed by atoms with van der Waals surface area (Å²) in [6.07, 6.45) is 6.95. The van der Waals surface area contributed by atoms with Crippen molar-refractivity contribution in [1.82, 2.24) is 9.55 Å². The van der Waals surface area contributed by atoms with Crippen molar-refractivity contribution >= 4 is 22.5 Å². The molecule has 0 atom stereocenters. The number of carbonyl (C=O) groups is 2. The standard InChI is InChI=1S/C20H20N2O2/c1-2-20(24)18-14-22(19-8-4-3-7-17(18)19)13-16(23)10-9-15-6-5-11-21-12-15/h3-8,11-12,14H,2,9-10,13H2,1H3. The number of Topliss-reactive ketones (excluding diaryl/α,β-unsaturated/α-hetero) is 2. The molecule has 0 unspecified atom stereocenters. The van der Waals surface area contributed by atoms with E-state index in [1.807, 2.05) is 54.1 Å². The Bertz CT molecular complexity index is 866. The van der Waals surface area contributed by atoms with Gasteiger partial charge in [0.2, 0.25) is 0 Å². The molecule has 0 fully saturated rings. The average molecular weight is 320 g/mol. The molecule has 0 spiro atoms. The molecule has 0 saturated heterocycles. The van der Waals surface area contributed by atoms with E-state index >= 15 is 0 Å². The second kappa shape index (κ2) is 7.21. The van der Waals surface area contributed by atoms with Gasteiger partial charge < -0.3 is 4.57 Å². The summed E-state index contributed by atoms with van der Waals surface area (Å²) < 4.78 is 1.89. The topological polar surface area (TPSA) is 52.0 Å². The van der Waals surface area contributed by atoms with E-state index in [0.29, 0.717) is 24.8 Å². The number of carbonyl (C=O) groups excluding carboxylic acids is 2. The van der Waals surface area contributed by atoms with Crippen molar-refractivity contribution in [2.24, 2.45) is 0 Å². The lowest BCUT2D eigenvalue weighted by molar-refractivity contribution is -0.119. The Labute approximate surface area is 141 Å². The fourth-order valence-electron chi connectivity index (χ4n) is 2.89. The lowest BCUT2D eigenvalue weighted by Gasteiger charge is -2.05. The van der Waals surface area contributed by atoms with Crippen LogP contribution in [0, 0.1) is 0 Å². The van der Waals surface area contributed by atoms with Gasteiger partial charge >= 0.3 is 0 Å². The van der Waals surface area contributed by atoms with Crippen LogP contribution in [-0.2, 0) is 17.8 Å². The zero-order valence-electron chi connectivity index (χ0n) is 13.7. The fourth-order valence-corrected chi connectivity index (χ4v) is 2.89. The molecule has 0 aliphatic carbocycles. The third-order valence-electron chi connectivity index (χ3n) is 4.17. The molecule has 0 saturated carbocycles. The predicted molar refractivity (Wildman–Crippen MR) is 94.1 cm³/mol. The lowest BCUT2D eigenvalue weighted by atomic mass is 10.1. The molecule has 3 rings (SSSR count). The molecular weight excluding hydrogens is 300 g/mol. The SMILES string of the molecule is CCC(=O)c1cn(CC(=O)CCc2cccnc2)c2ccccc12. The Kier molecular flexibility index (Phi) is 4.85. The normalized spacial score (nSPS) is 10.9. The van der Waals surface area contributed by atoms with Crippen molar-refractivity contribution in [2.45, 2.75) is 32.7 Å². The molecule has 0 amide bonds. The number of benzene rings is 1. The number of ketones is 2. The van der Waals surface area contributed by atoms with Crippen LogP contribution in [0.1, 0.15) is 35.7 Å². The smallest absolute Gasteiger partial charge is 0.164 e. The van der Waals surface area contributed by atoms with Gasteiger partial charge in [-0.15, -0.1) is 0 Å². The Balaban J connectivity index is 1.77. The van der Waals surface area contributed by atoms with E-state index in [0.717, 1.165) is 16.5 Å². The van der Waals surface area contributed by atoms with Crippen LogP contribution < -0.4 is 0 Å². The van der Waals surface area contributed by atoms with Gasteiger partial charge in [0.05, 0.1) is 6.54 Å². The molecule has 3 aromatic rings. The Morgan fingerprint density at radius 3 is 2.71 bits per heavy atom. The molecule has 0 aliphatic rings. The maximum Gasteiger partial charge on any atom is 0.164 e. The molecule has 2 heterocycles. The molecule has 4 heteroatoms. The first-order valence-electron chi connectivity index (χ1n) is 8.20. The summed E-state index contributed by atoms with van der Waals surface area (Å²) >= 11 is 0. The number of rotatable bonds is 7. The first-order chi connectivity index (χ1) is 11.7. The van der Waals surface area contributed by atoms with Crippen LogP contribution in [0.3, 0.4) is 0 Å². The maximum absolute atomic E-state index is 12.4. The fraction of sp³-hybridized carbons (Fsp3) is 0.250. The van der Waals surface area contributed by atoms with Gasteiger partial charge in [-0.3, -0.25) is 14.6 Å². The summed E-state index contributed by atoms with van der Waals surface area (Å²) in [5.74, 6) is 0.253. The van der Waals surface area contributed by atoms with Crippen molar-refractivity contribution in [3.8, 4) is 0 Å². The summed E-state index contributed by atoms with van der Waals surface area (Å²) in [5, 5.41) is 0.921. The molecule has 24 heavy (non-hydrogen) atoms. The first-order valence-corrected chi connectivity index (χ1v) is 8.20. The minimum atomic E-state index is 0.104. The highest BCUT2D eigenvalue weighted by atomic mass is 16.1. The number of aromatic nitrogens is 2. The van der Waals surface area contributed by atoms with Crippen molar-refractivity contribution in [2.75, 3.05) is 0 Å². The quantitative estimate of drug-likeness (QED) is 0.622. The Hall–Kier alpha value is -2.75. The molecule has 122 valence electrons. The van der Waals surface area contributed by atoms with Crippen molar-refractivity contribution in [3.63, 3.8) is 0 Å². The predicted octanol–water partition coefficient (Wildman–Crippen LogP) is 3.83. The van der Waals surface area contributed by atoms with Gasteiger partial charge in [0.15, 0.2) is 11.6 Å². The summed E-state index contributed by atoms with van der Waals surface area (Å²) in [7, 11) is 0. The van der Waals surface area contributed by atoms with E-state index in [2.05, 4.69) is 4.98 Å². The lowest BCUT2D eigenvalue weighted by Crippen LogP contribution is -2.10. The third kappa shape index (κ3) is 3.43. The van der Waals surface area contributed by atoms with E-state index in [1.165, 1.54) is 0 Å². The molecule has 0 radical (unpaired) electrons. The molecule has 0 aliphatic heterocycles. The summed E-state index contributed by atoms with van der Waals surface area (Å²) in [6, 6.07) is 11.6. The molecule has 0 N–H and O–H groups in total. The first kappa shape index (κ1) is 16.1. The monoisotopic (exact) mass is 320 g/mol. The largest absolute Gasteiger partial charge is 0.339 e. The van der Waals surface area contributed by atoms with E-state index in [9.17, 15) is 9.59 Å². The number of para-hydroxylation sites is 1. The van der Waals surface area contributed by atoms with Crippen LogP contribution in [0.15, 0.2) is 55.0 Å². The van der Waals surface area contributed by atoms with E-state index < -0.39 is 0 Å². The molecule has 0 bridgehead atoms. The van der Waals surface area contributed by atoms with Gasteiger partial charge in [0, 0.05) is 47.9 Å². The molecule has 2 aromatic heterocycles. The van der Waals surface area contributed by atoms with Gasteiger partial charge in [-0.05, 0) is 24.1 Å². The van der Waals surface area contributed by atoms with E-state index in [-0.39, 0.29) is 18.1 Å². The van der Waals surface area contributed by atoms with Crippen molar-refractivity contribution in [1.29, 1.82) is 0 Å². The number of fused-ring (bicyclic) bond motifs is 1. The van der Waals surface area contributed by atoms with Crippen LogP contribution in [0.2, 0.25) is 0 Å². The van der Waals surface area contributed by atoms with Crippen LogP contribution >= 0.6 is 0 Å². The van der Waals surface area contributed by atoms with Crippen molar-refractivity contribution in [3.05, 3.63) is 66.1 Å². The zero-order valence-corrected chi connectivity index (χ0v) is 13.7. The number of hydrogen-bond acceptors (Lipinski definition) is 3. The van der Waals surface area contributed by atoms with Crippen molar-refractivity contribution < 1.29 is 9.59 Å². The highest BCUT2D eigenvalue weighted by Gasteiger charge is 2.15. The number of pyridine rings is 1. The minimum absolute atomic E-state index is 0.104. The summed E-state index contributed by atoms with van der Waals surface area (Å²) in [5.41, 5.74) is 2.70. The summed E-state index contributed by atoms with van der Waals surface area (Å²) in [4.78, 5) is 28.5. The third-order valence-corrected chi connectivity index (χ3v) is 4.17. The van der Waals surface area contributed by atoms with Crippen LogP contribution in [0.5, 0.6) is 0 Å². The zero-order chi connectivity index (χ0) is 16.9. The Morgan fingerprint density at radius 2 is 1.96 bits per heavy atom. The van der Waals surface area contributed by atoms with E-state index in [4.69, 9.17) is 0 Å².